The molecule has 2 rings (SSSR count). The van der Waals surface area contributed by atoms with Gasteiger partial charge in [-0.15, -0.1) is 0 Å². The van der Waals surface area contributed by atoms with Crippen molar-refractivity contribution in [3.8, 4) is 0 Å². The van der Waals surface area contributed by atoms with E-state index >= 15 is 0 Å². The van der Waals surface area contributed by atoms with Crippen LogP contribution in [0.5, 0.6) is 0 Å². The van der Waals surface area contributed by atoms with E-state index in [-0.39, 0.29) is 0 Å². The predicted molar refractivity (Wildman–Crippen MR) is 69.4 cm³/mol. The van der Waals surface area contributed by atoms with Crippen LogP contribution in [0.4, 0.5) is 0 Å². The molecule has 0 spiro atoms. The van der Waals surface area contributed by atoms with Gasteiger partial charge in [0.05, 0.1) is 0 Å². The van der Waals surface area contributed by atoms with E-state index in [1.54, 1.807) is 0 Å². The molecule has 0 amide bonds. The molecule has 2 aliphatic rings. The van der Waals surface area contributed by atoms with E-state index in [2.05, 4.69) is 11.8 Å². The van der Waals surface area contributed by atoms with Crippen molar-refractivity contribution < 1.29 is 0 Å². The Morgan fingerprint density at radius 3 is 2.62 bits per heavy atom. The SMILES string of the molecule is CC1CCN(CCC2CCCC2)C(CN)C1. The molecule has 2 fully saturated rings. The van der Waals surface area contributed by atoms with Crippen LogP contribution in [0.25, 0.3) is 0 Å². The summed E-state index contributed by atoms with van der Waals surface area (Å²) < 4.78 is 0. The maximum absolute atomic E-state index is 5.90. The van der Waals surface area contributed by atoms with Crippen molar-refractivity contribution in [2.24, 2.45) is 17.6 Å². The fourth-order valence-corrected chi connectivity index (χ4v) is 3.49. The van der Waals surface area contributed by atoms with Gasteiger partial charge in [-0.3, -0.25) is 4.90 Å². The first-order chi connectivity index (χ1) is 7.79. The van der Waals surface area contributed by atoms with E-state index in [1.807, 2.05) is 0 Å². The van der Waals surface area contributed by atoms with Crippen LogP contribution >= 0.6 is 0 Å². The molecule has 2 heteroatoms. The lowest BCUT2D eigenvalue weighted by Gasteiger charge is -2.38. The van der Waals surface area contributed by atoms with E-state index in [0.717, 1.165) is 18.4 Å². The third-order valence-corrected chi connectivity index (χ3v) is 4.67. The fourth-order valence-electron chi connectivity index (χ4n) is 3.49. The summed E-state index contributed by atoms with van der Waals surface area (Å²) in [4.78, 5) is 2.66. The number of hydrogen-bond acceptors (Lipinski definition) is 2. The summed E-state index contributed by atoms with van der Waals surface area (Å²) in [5.41, 5.74) is 5.90. The Morgan fingerprint density at radius 2 is 1.94 bits per heavy atom. The summed E-state index contributed by atoms with van der Waals surface area (Å²) in [5, 5.41) is 0. The monoisotopic (exact) mass is 224 g/mol. The topological polar surface area (TPSA) is 29.3 Å². The molecular formula is C14H28N2. The third-order valence-electron chi connectivity index (χ3n) is 4.67. The Bertz CT molecular complexity index is 199. The number of nitrogens with two attached hydrogens (primary N) is 1. The normalized spacial score (nSPS) is 33.4. The number of piperidine rings is 1. The zero-order valence-electron chi connectivity index (χ0n) is 10.8. The molecule has 1 heterocycles. The van der Waals surface area contributed by atoms with Crippen molar-refractivity contribution in [1.29, 1.82) is 0 Å². The van der Waals surface area contributed by atoms with Gasteiger partial charge in [-0.1, -0.05) is 32.6 Å². The first-order valence-corrected chi connectivity index (χ1v) is 7.23. The van der Waals surface area contributed by atoms with E-state index in [9.17, 15) is 0 Å². The molecule has 16 heavy (non-hydrogen) atoms. The van der Waals surface area contributed by atoms with Crippen molar-refractivity contribution in [3.05, 3.63) is 0 Å². The summed E-state index contributed by atoms with van der Waals surface area (Å²) in [6, 6.07) is 0.671. The Labute approximate surface area is 101 Å². The molecule has 2 atom stereocenters. The van der Waals surface area contributed by atoms with Crippen LogP contribution in [0.15, 0.2) is 0 Å². The van der Waals surface area contributed by atoms with Crippen LogP contribution in [0.1, 0.15) is 51.9 Å². The van der Waals surface area contributed by atoms with Crippen LogP contribution in [-0.2, 0) is 0 Å². The smallest absolute Gasteiger partial charge is 0.0220 e. The zero-order chi connectivity index (χ0) is 11.4. The van der Waals surface area contributed by atoms with Crippen molar-refractivity contribution >= 4 is 0 Å². The molecule has 0 bridgehead atoms. The van der Waals surface area contributed by atoms with Gasteiger partial charge in [0.25, 0.3) is 0 Å². The van der Waals surface area contributed by atoms with Crippen LogP contribution in [0.3, 0.4) is 0 Å². The molecule has 1 saturated heterocycles. The minimum absolute atomic E-state index is 0.671. The summed E-state index contributed by atoms with van der Waals surface area (Å²) in [6.07, 6.45) is 10.0. The minimum Gasteiger partial charge on any atom is -0.329 e. The molecule has 0 aromatic rings. The molecule has 2 unspecified atom stereocenters. The molecule has 1 aliphatic heterocycles. The molecule has 0 aromatic heterocycles. The largest absolute Gasteiger partial charge is 0.329 e. The van der Waals surface area contributed by atoms with Crippen LogP contribution < -0.4 is 5.73 Å². The van der Waals surface area contributed by atoms with E-state index in [0.29, 0.717) is 6.04 Å². The summed E-state index contributed by atoms with van der Waals surface area (Å²) in [5.74, 6) is 1.91. The van der Waals surface area contributed by atoms with Crippen LogP contribution in [-0.4, -0.2) is 30.6 Å². The maximum atomic E-state index is 5.90. The fraction of sp³-hybridized carbons (Fsp3) is 1.00. The molecule has 2 N–H and O–H groups in total. The average molecular weight is 224 g/mol. The Kier molecular flexibility index (Phi) is 4.66. The first kappa shape index (κ1) is 12.4. The first-order valence-electron chi connectivity index (χ1n) is 7.23. The molecule has 0 radical (unpaired) electrons. The number of hydrogen-bond donors (Lipinski definition) is 1. The molecule has 1 saturated carbocycles. The Balaban J connectivity index is 1.74. The highest BCUT2D eigenvalue weighted by atomic mass is 15.2. The molecule has 1 aliphatic carbocycles. The van der Waals surface area contributed by atoms with Crippen molar-refractivity contribution in [2.45, 2.75) is 57.9 Å². The lowest BCUT2D eigenvalue weighted by Crippen LogP contribution is -2.46. The molecule has 2 nitrogen and oxygen atoms in total. The van der Waals surface area contributed by atoms with Gasteiger partial charge in [0, 0.05) is 12.6 Å². The van der Waals surface area contributed by atoms with Gasteiger partial charge < -0.3 is 5.73 Å². The van der Waals surface area contributed by atoms with Gasteiger partial charge in [0.2, 0.25) is 0 Å². The van der Waals surface area contributed by atoms with E-state index in [1.165, 1.54) is 58.0 Å². The number of likely N-dealkylation sites (tertiary alicyclic amines) is 1. The Hall–Kier alpha value is -0.0800. The highest BCUT2D eigenvalue weighted by Gasteiger charge is 2.26. The Morgan fingerprint density at radius 1 is 1.19 bits per heavy atom. The highest BCUT2D eigenvalue weighted by Crippen LogP contribution is 2.29. The number of rotatable bonds is 4. The molecule has 0 aromatic carbocycles. The molecular weight excluding hydrogens is 196 g/mol. The van der Waals surface area contributed by atoms with Gasteiger partial charge in [-0.05, 0) is 44.2 Å². The lowest BCUT2D eigenvalue weighted by molar-refractivity contribution is 0.115. The second-order valence-corrected chi connectivity index (χ2v) is 5.99. The van der Waals surface area contributed by atoms with Crippen LogP contribution in [0, 0.1) is 11.8 Å². The van der Waals surface area contributed by atoms with Gasteiger partial charge in [0.15, 0.2) is 0 Å². The second-order valence-electron chi connectivity index (χ2n) is 5.99. The molecule has 94 valence electrons. The van der Waals surface area contributed by atoms with Gasteiger partial charge >= 0.3 is 0 Å². The third kappa shape index (κ3) is 3.21. The predicted octanol–water partition coefficient (Wildman–Crippen LogP) is 2.63. The summed E-state index contributed by atoms with van der Waals surface area (Å²) in [7, 11) is 0. The van der Waals surface area contributed by atoms with Crippen molar-refractivity contribution in [1.82, 2.24) is 4.90 Å². The van der Waals surface area contributed by atoms with E-state index in [4.69, 9.17) is 5.73 Å². The number of nitrogens with zero attached hydrogens (tertiary/aromatic N) is 1. The highest BCUT2D eigenvalue weighted by molar-refractivity contribution is 4.81. The minimum atomic E-state index is 0.671. The van der Waals surface area contributed by atoms with E-state index < -0.39 is 0 Å². The standard InChI is InChI=1S/C14H28N2/c1-12-6-8-16(14(10-12)11-15)9-7-13-4-2-3-5-13/h12-14H,2-11,15H2,1H3. The van der Waals surface area contributed by atoms with Gasteiger partial charge in [-0.2, -0.15) is 0 Å². The van der Waals surface area contributed by atoms with Crippen molar-refractivity contribution in [2.75, 3.05) is 19.6 Å². The average Bonchev–Trinajstić information content (AvgIpc) is 2.80. The summed E-state index contributed by atoms with van der Waals surface area (Å²) >= 11 is 0. The summed E-state index contributed by atoms with van der Waals surface area (Å²) in [6.45, 7) is 5.82. The van der Waals surface area contributed by atoms with Gasteiger partial charge in [0.1, 0.15) is 0 Å². The van der Waals surface area contributed by atoms with Crippen molar-refractivity contribution in [3.63, 3.8) is 0 Å². The van der Waals surface area contributed by atoms with Crippen LogP contribution in [0.2, 0.25) is 0 Å². The lowest BCUT2D eigenvalue weighted by atomic mass is 9.91. The van der Waals surface area contributed by atoms with Gasteiger partial charge in [-0.25, -0.2) is 0 Å². The second kappa shape index (κ2) is 6.02. The quantitative estimate of drug-likeness (QED) is 0.795. The maximum Gasteiger partial charge on any atom is 0.0220 e. The zero-order valence-corrected chi connectivity index (χ0v) is 10.8.